The SMILES string of the molecule is CN1CCN(CC(=O)Nc2cc(C(=O)Nc3nnc(-c4cncnc4)s3)ccc2OC2CC2)CC1. The van der Waals surface area contributed by atoms with Crippen LogP contribution in [-0.4, -0.2) is 87.7 Å². The number of nitrogens with one attached hydrogen (secondary N) is 2. The van der Waals surface area contributed by atoms with Gasteiger partial charge in [-0.1, -0.05) is 11.3 Å². The molecule has 2 aliphatic rings. The lowest BCUT2D eigenvalue weighted by atomic mass is 10.1. The predicted molar refractivity (Wildman–Crippen MR) is 132 cm³/mol. The van der Waals surface area contributed by atoms with E-state index in [4.69, 9.17) is 4.74 Å². The number of anilines is 2. The van der Waals surface area contributed by atoms with Crippen molar-refractivity contribution in [2.24, 2.45) is 0 Å². The lowest BCUT2D eigenvalue weighted by Gasteiger charge is -2.31. The van der Waals surface area contributed by atoms with Crippen molar-refractivity contribution in [2.45, 2.75) is 18.9 Å². The second-order valence-corrected chi connectivity index (χ2v) is 9.63. The van der Waals surface area contributed by atoms with Gasteiger partial charge in [-0.05, 0) is 38.1 Å². The van der Waals surface area contributed by atoms with Gasteiger partial charge in [0.05, 0.1) is 18.3 Å². The smallest absolute Gasteiger partial charge is 0.257 e. The summed E-state index contributed by atoms with van der Waals surface area (Å²) in [5, 5.41) is 14.8. The van der Waals surface area contributed by atoms with E-state index in [2.05, 4.69) is 47.6 Å². The second kappa shape index (κ2) is 10.4. The molecule has 1 aliphatic carbocycles. The molecule has 182 valence electrons. The first kappa shape index (κ1) is 23.3. The molecule has 12 heteroatoms. The molecule has 1 saturated carbocycles. The molecule has 0 atom stereocenters. The van der Waals surface area contributed by atoms with Crippen LogP contribution in [-0.2, 0) is 4.79 Å². The molecule has 35 heavy (non-hydrogen) atoms. The fourth-order valence-corrected chi connectivity index (χ4v) is 4.32. The Bertz CT molecular complexity index is 1190. The highest BCUT2D eigenvalue weighted by atomic mass is 32.1. The number of hydrogen-bond donors (Lipinski definition) is 2. The molecule has 11 nitrogen and oxygen atoms in total. The monoisotopic (exact) mass is 494 g/mol. The molecular formula is C23H26N8O3S. The number of amides is 2. The van der Waals surface area contributed by atoms with E-state index in [9.17, 15) is 9.59 Å². The number of ether oxygens (including phenoxy) is 1. The van der Waals surface area contributed by atoms with Gasteiger partial charge in [0.2, 0.25) is 11.0 Å². The van der Waals surface area contributed by atoms with Crippen molar-refractivity contribution in [3.63, 3.8) is 0 Å². The maximum absolute atomic E-state index is 12.9. The number of likely N-dealkylation sites (N-methyl/N-ethyl adjacent to an activating group) is 1. The number of hydrogen-bond acceptors (Lipinski definition) is 10. The summed E-state index contributed by atoms with van der Waals surface area (Å²) in [4.78, 5) is 38.0. The van der Waals surface area contributed by atoms with Gasteiger partial charge in [-0.25, -0.2) is 9.97 Å². The third kappa shape index (κ3) is 6.15. The number of rotatable bonds is 8. The Balaban J connectivity index is 1.27. The minimum Gasteiger partial charge on any atom is -0.488 e. The minimum atomic E-state index is -0.357. The Kier molecular flexibility index (Phi) is 6.93. The molecule has 5 rings (SSSR count). The Morgan fingerprint density at radius 1 is 1.09 bits per heavy atom. The van der Waals surface area contributed by atoms with Gasteiger partial charge >= 0.3 is 0 Å². The maximum Gasteiger partial charge on any atom is 0.257 e. The Morgan fingerprint density at radius 3 is 2.60 bits per heavy atom. The summed E-state index contributed by atoms with van der Waals surface area (Å²) in [7, 11) is 2.08. The molecule has 3 heterocycles. The van der Waals surface area contributed by atoms with Gasteiger partial charge in [0, 0.05) is 49.7 Å². The first-order chi connectivity index (χ1) is 17.0. The highest BCUT2D eigenvalue weighted by Crippen LogP contribution is 2.33. The van der Waals surface area contributed by atoms with Crippen molar-refractivity contribution in [2.75, 3.05) is 50.4 Å². The summed E-state index contributed by atoms with van der Waals surface area (Å²) in [5.74, 6) is 0.0780. The fourth-order valence-electron chi connectivity index (χ4n) is 3.61. The van der Waals surface area contributed by atoms with E-state index in [1.54, 1.807) is 30.6 Å². The molecule has 1 saturated heterocycles. The zero-order valence-corrected chi connectivity index (χ0v) is 20.1. The van der Waals surface area contributed by atoms with Gasteiger partial charge in [0.25, 0.3) is 5.91 Å². The van der Waals surface area contributed by atoms with Crippen molar-refractivity contribution in [3.8, 4) is 16.3 Å². The van der Waals surface area contributed by atoms with Gasteiger partial charge in [0.15, 0.2) is 5.01 Å². The summed E-state index contributed by atoms with van der Waals surface area (Å²) in [6, 6.07) is 5.05. The van der Waals surface area contributed by atoms with Crippen molar-refractivity contribution in [1.29, 1.82) is 0 Å². The van der Waals surface area contributed by atoms with E-state index in [-0.39, 0.29) is 17.9 Å². The molecule has 3 aromatic rings. The van der Waals surface area contributed by atoms with Gasteiger partial charge < -0.3 is 15.0 Å². The molecule has 0 unspecified atom stereocenters. The first-order valence-electron chi connectivity index (χ1n) is 11.5. The van der Waals surface area contributed by atoms with Gasteiger partial charge in [-0.2, -0.15) is 0 Å². The van der Waals surface area contributed by atoms with Crippen LogP contribution in [0.25, 0.3) is 10.6 Å². The van der Waals surface area contributed by atoms with Crippen molar-refractivity contribution >= 4 is 34.0 Å². The largest absolute Gasteiger partial charge is 0.488 e. The van der Waals surface area contributed by atoms with Crippen LogP contribution in [0.2, 0.25) is 0 Å². The Hall–Kier alpha value is -3.48. The van der Waals surface area contributed by atoms with Gasteiger partial charge in [-0.3, -0.25) is 19.8 Å². The zero-order chi connectivity index (χ0) is 24.2. The number of carbonyl (C=O) groups is 2. The molecule has 2 fully saturated rings. The van der Waals surface area contributed by atoms with E-state index in [1.165, 1.54) is 17.7 Å². The normalized spacial score (nSPS) is 16.6. The van der Waals surface area contributed by atoms with Crippen LogP contribution >= 0.6 is 11.3 Å². The average Bonchev–Trinajstić information content (AvgIpc) is 3.56. The Labute approximate surface area is 206 Å². The fraction of sp³-hybridized carbons (Fsp3) is 0.391. The first-order valence-corrected chi connectivity index (χ1v) is 12.3. The molecule has 0 spiro atoms. The molecule has 0 radical (unpaired) electrons. The van der Waals surface area contributed by atoms with E-state index in [0.717, 1.165) is 44.6 Å². The van der Waals surface area contributed by atoms with Crippen LogP contribution in [0.4, 0.5) is 10.8 Å². The third-order valence-corrected chi connectivity index (χ3v) is 6.64. The number of benzene rings is 1. The molecule has 2 amide bonds. The highest BCUT2D eigenvalue weighted by molar-refractivity contribution is 7.18. The van der Waals surface area contributed by atoms with Crippen LogP contribution < -0.4 is 15.4 Å². The van der Waals surface area contributed by atoms with Gasteiger partial charge in [0.1, 0.15) is 12.1 Å². The van der Waals surface area contributed by atoms with Crippen LogP contribution in [0, 0.1) is 0 Å². The summed E-state index contributed by atoms with van der Waals surface area (Å²) in [6.07, 6.45) is 6.84. The lowest BCUT2D eigenvalue weighted by Crippen LogP contribution is -2.47. The predicted octanol–water partition coefficient (Wildman–Crippen LogP) is 1.97. The number of piperazine rings is 1. The lowest BCUT2D eigenvalue weighted by molar-refractivity contribution is -0.117. The van der Waals surface area contributed by atoms with Crippen LogP contribution in [0.3, 0.4) is 0 Å². The van der Waals surface area contributed by atoms with E-state index in [0.29, 0.717) is 33.7 Å². The van der Waals surface area contributed by atoms with Crippen LogP contribution in [0.15, 0.2) is 36.9 Å². The Morgan fingerprint density at radius 2 is 1.86 bits per heavy atom. The molecule has 2 N–H and O–H groups in total. The molecule has 0 bridgehead atoms. The molecule has 1 aromatic carbocycles. The number of carbonyl (C=O) groups excluding carboxylic acids is 2. The van der Waals surface area contributed by atoms with Crippen molar-refractivity contribution < 1.29 is 14.3 Å². The summed E-state index contributed by atoms with van der Waals surface area (Å²) >= 11 is 1.23. The molecule has 2 aromatic heterocycles. The van der Waals surface area contributed by atoms with Crippen molar-refractivity contribution in [3.05, 3.63) is 42.5 Å². The second-order valence-electron chi connectivity index (χ2n) is 8.65. The van der Waals surface area contributed by atoms with Crippen LogP contribution in [0.1, 0.15) is 23.2 Å². The summed E-state index contributed by atoms with van der Waals surface area (Å²) in [5.41, 5.74) is 1.59. The minimum absolute atomic E-state index is 0.133. The quantitative estimate of drug-likeness (QED) is 0.483. The number of aromatic nitrogens is 4. The zero-order valence-electron chi connectivity index (χ0n) is 19.3. The van der Waals surface area contributed by atoms with Crippen molar-refractivity contribution in [1.82, 2.24) is 30.0 Å². The third-order valence-electron chi connectivity index (χ3n) is 5.75. The molecule has 1 aliphatic heterocycles. The number of nitrogens with zero attached hydrogens (tertiary/aromatic N) is 6. The average molecular weight is 495 g/mol. The maximum atomic E-state index is 12.9. The van der Waals surface area contributed by atoms with E-state index in [1.807, 2.05) is 0 Å². The van der Waals surface area contributed by atoms with E-state index < -0.39 is 0 Å². The van der Waals surface area contributed by atoms with E-state index >= 15 is 0 Å². The highest BCUT2D eigenvalue weighted by Gasteiger charge is 2.26. The summed E-state index contributed by atoms with van der Waals surface area (Å²) < 4.78 is 5.97. The van der Waals surface area contributed by atoms with Gasteiger partial charge in [-0.15, -0.1) is 10.2 Å². The van der Waals surface area contributed by atoms with Crippen LogP contribution in [0.5, 0.6) is 5.75 Å². The standard InChI is InChI=1S/C23H26N8O3S/c1-30-6-8-31(9-7-30)13-20(32)26-18-10-15(2-5-19(18)34-17-3-4-17)21(33)27-23-29-28-22(35-23)16-11-24-14-25-12-16/h2,5,10-12,14,17H,3-4,6-9,13H2,1H3,(H,26,32)(H,27,29,33). The molecular weight excluding hydrogens is 468 g/mol. The topological polar surface area (TPSA) is 125 Å². The summed E-state index contributed by atoms with van der Waals surface area (Å²) in [6.45, 7) is 3.85.